The fraction of sp³-hybridized carbons (Fsp3) is 0.923. The van der Waals surface area contributed by atoms with E-state index in [1.54, 1.807) is 0 Å². The maximum atomic E-state index is 12.1. The van der Waals surface area contributed by atoms with Gasteiger partial charge in [-0.3, -0.25) is 4.79 Å². The largest absolute Gasteiger partial charge is 0.349 e. The number of halogens is 1. The van der Waals surface area contributed by atoms with Gasteiger partial charge in [0.05, 0.1) is 5.54 Å². The molecule has 0 aromatic rings. The zero-order chi connectivity index (χ0) is 11.8. The van der Waals surface area contributed by atoms with Crippen LogP contribution in [0.1, 0.15) is 52.4 Å². The van der Waals surface area contributed by atoms with Crippen molar-refractivity contribution in [2.75, 3.05) is 5.88 Å². The van der Waals surface area contributed by atoms with Gasteiger partial charge < -0.3 is 5.32 Å². The van der Waals surface area contributed by atoms with Crippen LogP contribution in [-0.4, -0.2) is 17.3 Å². The molecule has 0 aromatic carbocycles. The summed E-state index contributed by atoms with van der Waals surface area (Å²) in [6, 6.07) is 0. The monoisotopic (exact) mass is 243 g/mol. The first-order valence-corrected chi connectivity index (χ1v) is 6.91. The lowest BCUT2D eigenvalue weighted by atomic mass is 9.83. The second-order valence-electron chi connectivity index (χ2n) is 6.21. The van der Waals surface area contributed by atoms with Gasteiger partial charge >= 0.3 is 0 Å². The highest BCUT2D eigenvalue weighted by atomic mass is 35.5. The first kappa shape index (κ1) is 12.2. The maximum absolute atomic E-state index is 12.1. The van der Waals surface area contributed by atoms with E-state index in [-0.39, 0.29) is 22.8 Å². The number of carbonyl (C=O) groups is 1. The van der Waals surface area contributed by atoms with Gasteiger partial charge in [0, 0.05) is 11.8 Å². The maximum Gasteiger partial charge on any atom is 0.224 e. The zero-order valence-corrected chi connectivity index (χ0v) is 11.1. The molecule has 2 fully saturated rings. The molecule has 2 aliphatic carbocycles. The van der Waals surface area contributed by atoms with Gasteiger partial charge in [0.2, 0.25) is 5.91 Å². The second kappa shape index (κ2) is 4.21. The number of carbonyl (C=O) groups excluding carboxylic acids is 1. The van der Waals surface area contributed by atoms with Gasteiger partial charge in [-0.2, -0.15) is 0 Å². The van der Waals surface area contributed by atoms with Gasteiger partial charge in [-0.05, 0) is 24.7 Å². The van der Waals surface area contributed by atoms with Crippen LogP contribution in [-0.2, 0) is 4.79 Å². The molecule has 0 aliphatic heterocycles. The Morgan fingerprint density at radius 3 is 2.31 bits per heavy atom. The van der Waals surface area contributed by atoms with Gasteiger partial charge in [0.1, 0.15) is 0 Å². The molecule has 92 valence electrons. The summed E-state index contributed by atoms with van der Waals surface area (Å²) in [6.45, 7) is 4.32. The Hall–Kier alpha value is -0.240. The summed E-state index contributed by atoms with van der Waals surface area (Å²) >= 11 is 6.06. The van der Waals surface area contributed by atoms with Crippen LogP contribution in [0, 0.1) is 11.3 Å². The summed E-state index contributed by atoms with van der Waals surface area (Å²) in [5.74, 6) is 1.01. The number of amides is 1. The molecule has 1 N–H and O–H groups in total. The quantitative estimate of drug-likeness (QED) is 0.759. The van der Waals surface area contributed by atoms with Crippen LogP contribution >= 0.6 is 11.6 Å². The molecule has 0 spiro atoms. The Morgan fingerprint density at radius 1 is 1.31 bits per heavy atom. The Kier molecular flexibility index (Phi) is 3.22. The van der Waals surface area contributed by atoms with Gasteiger partial charge in [-0.15, -0.1) is 11.6 Å². The van der Waals surface area contributed by atoms with E-state index >= 15 is 0 Å². The molecule has 0 aromatic heterocycles. The molecule has 3 heteroatoms. The van der Waals surface area contributed by atoms with Gasteiger partial charge in [-0.25, -0.2) is 0 Å². The van der Waals surface area contributed by atoms with Crippen molar-refractivity contribution in [2.45, 2.75) is 57.9 Å². The Balaban J connectivity index is 1.94. The van der Waals surface area contributed by atoms with Crippen LogP contribution < -0.4 is 5.32 Å². The fourth-order valence-electron chi connectivity index (χ4n) is 2.78. The van der Waals surface area contributed by atoms with Crippen molar-refractivity contribution in [1.82, 2.24) is 5.32 Å². The molecule has 1 unspecified atom stereocenters. The van der Waals surface area contributed by atoms with Crippen molar-refractivity contribution in [1.29, 1.82) is 0 Å². The Bertz CT molecular complexity index is 282. The minimum atomic E-state index is -0.102. The number of hydrogen-bond donors (Lipinski definition) is 1. The third kappa shape index (κ3) is 2.37. The highest BCUT2D eigenvalue weighted by Crippen LogP contribution is 2.52. The van der Waals surface area contributed by atoms with Crippen LogP contribution in [0.2, 0.25) is 0 Å². The summed E-state index contributed by atoms with van der Waals surface area (Å²) in [6.07, 6.45) is 6.80. The lowest BCUT2D eigenvalue weighted by molar-refractivity contribution is -0.125. The molecule has 2 rings (SSSR count). The van der Waals surface area contributed by atoms with Crippen molar-refractivity contribution in [3.63, 3.8) is 0 Å². The molecule has 16 heavy (non-hydrogen) atoms. The molecule has 0 radical (unpaired) electrons. The second-order valence-corrected chi connectivity index (χ2v) is 6.48. The van der Waals surface area contributed by atoms with Crippen molar-refractivity contribution in [3.8, 4) is 0 Å². The van der Waals surface area contributed by atoms with E-state index in [4.69, 9.17) is 11.6 Å². The average Bonchev–Trinajstić information content (AvgIpc) is 2.89. The normalized spacial score (nSPS) is 30.8. The minimum absolute atomic E-state index is 0.102. The molecule has 2 aliphatic rings. The molecule has 0 saturated heterocycles. The summed E-state index contributed by atoms with van der Waals surface area (Å²) in [4.78, 5) is 12.1. The third-order valence-corrected chi connectivity index (χ3v) is 4.80. The number of alkyl halides is 1. The van der Waals surface area contributed by atoms with E-state index in [0.29, 0.717) is 5.88 Å². The topological polar surface area (TPSA) is 29.1 Å². The van der Waals surface area contributed by atoms with E-state index in [9.17, 15) is 4.79 Å². The summed E-state index contributed by atoms with van der Waals surface area (Å²) in [5, 5.41) is 3.23. The van der Waals surface area contributed by atoms with Gasteiger partial charge in [0.25, 0.3) is 0 Å². The molecule has 0 bridgehead atoms. The number of rotatable bonds is 3. The predicted octanol–water partition coefficient (Wildman–Crippen LogP) is 3.09. The van der Waals surface area contributed by atoms with Crippen LogP contribution in [0.5, 0.6) is 0 Å². The standard InChI is InChI=1S/C13H22ClNO/c1-12(2)8-10(12)11(16)15-13(9-14)6-4-3-5-7-13/h10H,3-9H2,1-2H3,(H,15,16). The molecular formula is C13H22ClNO. The molecule has 2 saturated carbocycles. The first-order chi connectivity index (χ1) is 7.49. The lowest BCUT2D eigenvalue weighted by Gasteiger charge is -2.36. The number of hydrogen-bond acceptors (Lipinski definition) is 1. The molecule has 1 atom stereocenters. The molecule has 0 heterocycles. The molecule has 1 amide bonds. The first-order valence-electron chi connectivity index (χ1n) is 6.37. The lowest BCUT2D eigenvalue weighted by Crippen LogP contribution is -2.52. The van der Waals surface area contributed by atoms with E-state index in [0.717, 1.165) is 19.3 Å². The summed E-state index contributed by atoms with van der Waals surface area (Å²) in [7, 11) is 0. The van der Waals surface area contributed by atoms with E-state index in [1.165, 1.54) is 19.3 Å². The average molecular weight is 244 g/mol. The van der Waals surface area contributed by atoms with E-state index < -0.39 is 0 Å². The third-order valence-electron chi connectivity index (χ3n) is 4.28. The highest BCUT2D eigenvalue weighted by molar-refractivity contribution is 6.18. The van der Waals surface area contributed by atoms with E-state index in [2.05, 4.69) is 19.2 Å². The summed E-state index contributed by atoms with van der Waals surface area (Å²) < 4.78 is 0. The Morgan fingerprint density at radius 2 is 1.88 bits per heavy atom. The van der Waals surface area contributed by atoms with Crippen LogP contribution in [0.15, 0.2) is 0 Å². The van der Waals surface area contributed by atoms with Crippen molar-refractivity contribution in [3.05, 3.63) is 0 Å². The van der Waals surface area contributed by atoms with Crippen LogP contribution in [0.3, 0.4) is 0 Å². The molecular weight excluding hydrogens is 222 g/mol. The zero-order valence-electron chi connectivity index (χ0n) is 10.3. The number of nitrogens with one attached hydrogen (secondary N) is 1. The van der Waals surface area contributed by atoms with Crippen LogP contribution in [0.25, 0.3) is 0 Å². The van der Waals surface area contributed by atoms with Gasteiger partial charge in [-0.1, -0.05) is 33.1 Å². The Labute approximate surface area is 103 Å². The fourth-order valence-corrected chi connectivity index (χ4v) is 3.12. The van der Waals surface area contributed by atoms with Crippen molar-refractivity contribution >= 4 is 17.5 Å². The van der Waals surface area contributed by atoms with Crippen molar-refractivity contribution in [2.24, 2.45) is 11.3 Å². The van der Waals surface area contributed by atoms with Crippen LogP contribution in [0.4, 0.5) is 0 Å². The van der Waals surface area contributed by atoms with Gasteiger partial charge in [0.15, 0.2) is 0 Å². The predicted molar refractivity (Wildman–Crippen MR) is 66.6 cm³/mol. The smallest absolute Gasteiger partial charge is 0.224 e. The molecule has 2 nitrogen and oxygen atoms in total. The van der Waals surface area contributed by atoms with E-state index in [1.807, 2.05) is 0 Å². The SMILES string of the molecule is CC1(C)CC1C(=O)NC1(CCl)CCCCC1. The minimum Gasteiger partial charge on any atom is -0.349 e. The highest BCUT2D eigenvalue weighted by Gasteiger charge is 2.51. The summed E-state index contributed by atoms with van der Waals surface area (Å²) in [5.41, 5.74) is 0.113. The van der Waals surface area contributed by atoms with Crippen molar-refractivity contribution < 1.29 is 4.79 Å².